The van der Waals surface area contributed by atoms with Crippen molar-refractivity contribution < 1.29 is 18.3 Å². The second kappa shape index (κ2) is 7.25. The minimum absolute atomic E-state index is 0.0814. The van der Waals surface area contributed by atoms with Crippen molar-refractivity contribution in [1.29, 1.82) is 5.26 Å². The largest absolute Gasteiger partial charge is 0.480 e. The van der Waals surface area contributed by atoms with Crippen LogP contribution in [0.1, 0.15) is 33.1 Å². The van der Waals surface area contributed by atoms with Gasteiger partial charge in [0.2, 0.25) is 10.0 Å². The highest BCUT2D eigenvalue weighted by atomic mass is 32.2. The van der Waals surface area contributed by atoms with Crippen molar-refractivity contribution in [3.8, 4) is 6.07 Å². The summed E-state index contributed by atoms with van der Waals surface area (Å²) in [5.41, 5.74) is 0. The summed E-state index contributed by atoms with van der Waals surface area (Å²) < 4.78 is 25.2. The van der Waals surface area contributed by atoms with Gasteiger partial charge >= 0.3 is 5.97 Å². The molecule has 0 unspecified atom stereocenters. The Morgan fingerprint density at radius 1 is 1.47 bits per heavy atom. The average Bonchev–Trinajstić information content (AvgIpc) is 2.15. The molecule has 7 heteroatoms. The van der Waals surface area contributed by atoms with Crippen LogP contribution in [0.5, 0.6) is 0 Å². The van der Waals surface area contributed by atoms with Crippen LogP contribution in [-0.4, -0.2) is 31.3 Å². The summed E-state index contributed by atoms with van der Waals surface area (Å²) in [6.07, 6.45) is 0.593. The van der Waals surface area contributed by atoms with E-state index in [0.717, 1.165) is 0 Å². The van der Waals surface area contributed by atoms with E-state index in [1.165, 1.54) is 0 Å². The lowest BCUT2D eigenvalue weighted by Gasteiger charge is -2.16. The zero-order chi connectivity index (χ0) is 13.5. The van der Waals surface area contributed by atoms with Crippen LogP contribution >= 0.6 is 0 Å². The van der Waals surface area contributed by atoms with E-state index in [2.05, 4.69) is 4.72 Å². The van der Waals surface area contributed by atoms with Gasteiger partial charge in [-0.05, 0) is 18.8 Å². The van der Waals surface area contributed by atoms with E-state index in [0.29, 0.717) is 0 Å². The Morgan fingerprint density at radius 2 is 2.06 bits per heavy atom. The number of hydrogen-bond donors (Lipinski definition) is 2. The fourth-order valence-electron chi connectivity index (χ4n) is 1.29. The first-order valence-electron chi connectivity index (χ1n) is 5.38. The molecule has 1 atom stereocenters. The molecule has 0 radical (unpaired) electrons. The van der Waals surface area contributed by atoms with Crippen molar-refractivity contribution in [2.24, 2.45) is 5.92 Å². The molecule has 0 heterocycles. The molecular formula is C10H18N2O4S. The number of hydrogen-bond acceptors (Lipinski definition) is 4. The summed E-state index contributed by atoms with van der Waals surface area (Å²) in [5, 5.41) is 17.2. The molecule has 0 aliphatic rings. The van der Waals surface area contributed by atoms with Crippen molar-refractivity contribution in [2.45, 2.75) is 39.2 Å². The second-order valence-corrected chi connectivity index (χ2v) is 6.09. The Hall–Kier alpha value is -1.13. The predicted octanol–water partition coefficient (Wildman–Crippen LogP) is 0.709. The first kappa shape index (κ1) is 15.9. The maximum atomic E-state index is 11.5. The van der Waals surface area contributed by atoms with Gasteiger partial charge in [0.15, 0.2) is 0 Å². The van der Waals surface area contributed by atoms with Gasteiger partial charge in [-0.1, -0.05) is 13.8 Å². The highest BCUT2D eigenvalue weighted by Crippen LogP contribution is 2.07. The number of sulfonamides is 1. The molecule has 0 aromatic heterocycles. The minimum atomic E-state index is -3.63. The molecule has 0 amide bonds. The molecule has 6 nitrogen and oxygen atoms in total. The zero-order valence-electron chi connectivity index (χ0n) is 10.0. The van der Waals surface area contributed by atoms with E-state index in [-0.39, 0.29) is 30.9 Å². The molecule has 0 spiro atoms. The topological polar surface area (TPSA) is 107 Å². The Labute approximate surface area is 102 Å². The van der Waals surface area contributed by atoms with E-state index in [1.54, 1.807) is 0 Å². The Balaban J connectivity index is 4.43. The molecule has 2 N–H and O–H groups in total. The third-order valence-corrected chi connectivity index (χ3v) is 3.50. The third-order valence-electron chi connectivity index (χ3n) is 2.03. The van der Waals surface area contributed by atoms with Crippen molar-refractivity contribution >= 4 is 16.0 Å². The van der Waals surface area contributed by atoms with Crippen LogP contribution in [0, 0.1) is 17.2 Å². The van der Waals surface area contributed by atoms with E-state index in [1.807, 2.05) is 19.9 Å². The SMILES string of the molecule is CC(C)C[C@H](NS(=O)(=O)CCCC#N)C(=O)O. The Kier molecular flexibility index (Phi) is 6.76. The number of unbranched alkanes of at least 4 members (excludes halogenated alkanes) is 1. The van der Waals surface area contributed by atoms with Gasteiger partial charge in [0.25, 0.3) is 0 Å². The molecule has 0 aliphatic heterocycles. The Morgan fingerprint density at radius 3 is 2.47 bits per heavy atom. The van der Waals surface area contributed by atoms with Crippen LogP contribution in [0.2, 0.25) is 0 Å². The molecule has 0 aliphatic carbocycles. The predicted molar refractivity (Wildman–Crippen MR) is 62.6 cm³/mol. The lowest BCUT2D eigenvalue weighted by Crippen LogP contribution is -2.42. The quantitative estimate of drug-likeness (QED) is 0.626. The molecule has 0 saturated heterocycles. The molecule has 17 heavy (non-hydrogen) atoms. The van der Waals surface area contributed by atoms with Crippen LogP contribution in [0.15, 0.2) is 0 Å². The van der Waals surface area contributed by atoms with E-state index >= 15 is 0 Å². The number of nitrogens with one attached hydrogen (secondary N) is 1. The number of carboxylic acid groups (broad SMARTS) is 1. The standard InChI is InChI=1S/C10H18N2O4S/c1-8(2)7-9(10(13)14)12-17(15,16)6-4-3-5-11/h8-9,12H,3-4,6-7H2,1-2H3,(H,13,14)/t9-/m0/s1. The molecule has 98 valence electrons. The van der Waals surface area contributed by atoms with Crippen molar-refractivity contribution in [1.82, 2.24) is 4.72 Å². The van der Waals surface area contributed by atoms with Crippen LogP contribution in [-0.2, 0) is 14.8 Å². The number of carboxylic acids is 1. The third kappa shape index (κ3) is 7.71. The lowest BCUT2D eigenvalue weighted by molar-refractivity contribution is -0.139. The van der Waals surface area contributed by atoms with E-state index in [9.17, 15) is 13.2 Å². The van der Waals surface area contributed by atoms with Gasteiger partial charge in [-0.25, -0.2) is 13.1 Å². The molecule has 0 bridgehead atoms. The summed E-state index contributed by atoms with van der Waals surface area (Å²) in [6, 6.07) is 0.745. The Bertz CT molecular complexity index is 384. The maximum Gasteiger partial charge on any atom is 0.321 e. The zero-order valence-corrected chi connectivity index (χ0v) is 10.8. The molecule has 0 rings (SSSR count). The van der Waals surface area contributed by atoms with E-state index < -0.39 is 22.0 Å². The summed E-state index contributed by atoms with van der Waals surface area (Å²) >= 11 is 0. The first-order chi connectivity index (χ1) is 7.78. The molecular weight excluding hydrogens is 244 g/mol. The van der Waals surface area contributed by atoms with Crippen LogP contribution in [0.3, 0.4) is 0 Å². The fourth-order valence-corrected chi connectivity index (χ4v) is 2.56. The van der Waals surface area contributed by atoms with Gasteiger partial charge in [-0.15, -0.1) is 0 Å². The van der Waals surface area contributed by atoms with Gasteiger partial charge in [-0.2, -0.15) is 5.26 Å². The monoisotopic (exact) mass is 262 g/mol. The minimum Gasteiger partial charge on any atom is -0.480 e. The number of carbonyl (C=O) groups is 1. The average molecular weight is 262 g/mol. The molecule has 0 aromatic rings. The first-order valence-corrected chi connectivity index (χ1v) is 7.03. The van der Waals surface area contributed by atoms with Crippen LogP contribution in [0.4, 0.5) is 0 Å². The molecule has 0 fully saturated rings. The number of nitriles is 1. The summed E-state index contributed by atoms with van der Waals surface area (Å²) in [7, 11) is -3.63. The normalized spacial score (nSPS) is 13.3. The lowest BCUT2D eigenvalue weighted by atomic mass is 10.1. The van der Waals surface area contributed by atoms with Crippen molar-refractivity contribution in [2.75, 3.05) is 5.75 Å². The molecule has 0 aromatic carbocycles. The highest BCUT2D eigenvalue weighted by Gasteiger charge is 2.24. The van der Waals surface area contributed by atoms with Gasteiger partial charge < -0.3 is 5.11 Å². The molecule has 0 saturated carbocycles. The van der Waals surface area contributed by atoms with Crippen molar-refractivity contribution in [3.63, 3.8) is 0 Å². The smallest absolute Gasteiger partial charge is 0.321 e. The van der Waals surface area contributed by atoms with Crippen molar-refractivity contribution in [3.05, 3.63) is 0 Å². The number of aliphatic carboxylic acids is 1. The highest BCUT2D eigenvalue weighted by molar-refractivity contribution is 7.89. The van der Waals surface area contributed by atoms with Gasteiger partial charge in [0.1, 0.15) is 6.04 Å². The van der Waals surface area contributed by atoms with Gasteiger partial charge in [-0.3, -0.25) is 4.79 Å². The van der Waals surface area contributed by atoms with E-state index in [4.69, 9.17) is 10.4 Å². The van der Waals surface area contributed by atoms with Crippen LogP contribution < -0.4 is 4.72 Å². The van der Waals surface area contributed by atoms with Crippen LogP contribution in [0.25, 0.3) is 0 Å². The van der Waals surface area contributed by atoms with Gasteiger partial charge in [0.05, 0.1) is 11.8 Å². The number of rotatable bonds is 8. The summed E-state index contributed by atoms with van der Waals surface area (Å²) in [4.78, 5) is 10.9. The summed E-state index contributed by atoms with van der Waals surface area (Å²) in [5.74, 6) is -1.32. The summed E-state index contributed by atoms with van der Waals surface area (Å²) in [6.45, 7) is 3.64. The maximum absolute atomic E-state index is 11.5. The number of nitrogens with zero attached hydrogens (tertiary/aromatic N) is 1. The second-order valence-electron chi connectivity index (χ2n) is 4.22. The van der Waals surface area contributed by atoms with Gasteiger partial charge in [0, 0.05) is 6.42 Å². The fraction of sp³-hybridized carbons (Fsp3) is 0.800.